The Bertz CT molecular complexity index is 1170. The van der Waals surface area contributed by atoms with E-state index < -0.39 is 20.0 Å². The molecule has 2 aromatic carbocycles. The third kappa shape index (κ3) is 5.36. The highest BCUT2D eigenvalue weighted by Crippen LogP contribution is 2.21. The van der Waals surface area contributed by atoms with E-state index in [9.17, 15) is 16.8 Å². The van der Waals surface area contributed by atoms with Gasteiger partial charge in [0.15, 0.2) is 5.11 Å². The zero-order chi connectivity index (χ0) is 23.5. The minimum Gasteiger partial charge on any atom is -0.379 e. The molecule has 0 atom stereocenters. The number of morpholine rings is 1. The number of nitrogens with zero attached hydrogens (tertiary/aromatic N) is 3. The summed E-state index contributed by atoms with van der Waals surface area (Å²) in [5.74, 6) is 0. The number of anilines is 1. The highest BCUT2D eigenvalue weighted by Gasteiger charge is 2.29. The monoisotopic (exact) mass is 510 g/mol. The third-order valence-corrected chi connectivity index (χ3v) is 9.81. The van der Waals surface area contributed by atoms with Gasteiger partial charge in [0.05, 0.1) is 23.0 Å². The van der Waals surface area contributed by atoms with Crippen molar-refractivity contribution in [3.8, 4) is 0 Å². The number of hydrogen-bond donors (Lipinski definition) is 1. The number of piperazine rings is 1. The van der Waals surface area contributed by atoms with Gasteiger partial charge in [-0.15, -0.1) is 0 Å². The molecule has 1 N–H and O–H groups in total. The minimum atomic E-state index is -3.55. The normalized spacial score (nSPS) is 18.7. The maximum Gasteiger partial charge on any atom is 0.243 e. The highest BCUT2D eigenvalue weighted by atomic mass is 32.2. The lowest BCUT2D eigenvalue weighted by atomic mass is 10.3. The summed E-state index contributed by atoms with van der Waals surface area (Å²) in [6.07, 6.45) is 0. The summed E-state index contributed by atoms with van der Waals surface area (Å²) in [6, 6.07) is 14.9. The second-order valence-electron chi connectivity index (χ2n) is 7.68. The summed E-state index contributed by atoms with van der Waals surface area (Å²) in [4.78, 5) is 2.41. The van der Waals surface area contributed by atoms with E-state index in [4.69, 9.17) is 17.0 Å². The molecule has 12 heteroatoms. The van der Waals surface area contributed by atoms with E-state index >= 15 is 0 Å². The first-order chi connectivity index (χ1) is 15.8. The van der Waals surface area contributed by atoms with Gasteiger partial charge in [0.1, 0.15) is 0 Å². The predicted molar refractivity (Wildman–Crippen MR) is 129 cm³/mol. The lowest BCUT2D eigenvalue weighted by Gasteiger charge is -2.35. The van der Waals surface area contributed by atoms with Crippen LogP contribution in [0.2, 0.25) is 0 Å². The molecule has 2 aliphatic heterocycles. The van der Waals surface area contributed by atoms with Gasteiger partial charge in [0, 0.05) is 45.0 Å². The van der Waals surface area contributed by atoms with Crippen molar-refractivity contribution in [1.82, 2.24) is 13.5 Å². The maximum atomic E-state index is 12.8. The Balaban J connectivity index is 1.34. The predicted octanol–water partition coefficient (Wildman–Crippen LogP) is 1.41. The molecule has 0 aliphatic carbocycles. The van der Waals surface area contributed by atoms with E-state index in [1.165, 1.54) is 8.61 Å². The van der Waals surface area contributed by atoms with Gasteiger partial charge >= 0.3 is 0 Å². The average Bonchev–Trinajstić information content (AvgIpc) is 2.85. The van der Waals surface area contributed by atoms with E-state index in [1.54, 1.807) is 54.6 Å². The number of hydrogen-bond acceptors (Lipinski definition) is 6. The summed E-state index contributed by atoms with van der Waals surface area (Å²) in [6.45, 7) is 3.06. The molecule has 178 valence electrons. The molecular weight excluding hydrogens is 484 g/mol. The van der Waals surface area contributed by atoms with Crippen molar-refractivity contribution in [3.63, 3.8) is 0 Å². The molecule has 0 spiro atoms. The van der Waals surface area contributed by atoms with Gasteiger partial charge in [-0.2, -0.15) is 8.61 Å². The number of rotatable bonds is 5. The molecule has 2 aromatic rings. The topological polar surface area (TPSA) is 99.3 Å². The molecular formula is C21H26N4O5S3. The van der Waals surface area contributed by atoms with Crippen molar-refractivity contribution in [2.45, 2.75) is 9.79 Å². The largest absolute Gasteiger partial charge is 0.379 e. The number of sulfonamides is 2. The van der Waals surface area contributed by atoms with Crippen LogP contribution in [-0.4, -0.2) is 87.9 Å². The first-order valence-electron chi connectivity index (χ1n) is 10.6. The smallest absolute Gasteiger partial charge is 0.243 e. The van der Waals surface area contributed by atoms with E-state index in [-0.39, 0.29) is 9.79 Å². The molecule has 0 bridgehead atoms. The lowest BCUT2D eigenvalue weighted by molar-refractivity contribution is 0.0730. The van der Waals surface area contributed by atoms with Crippen LogP contribution in [-0.2, 0) is 24.8 Å². The molecule has 4 rings (SSSR count). The number of benzene rings is 2. The van der Waals surface area contributed by atoms with Gasteiger partial charge in [-0.05, 0) is 48.6 Å². The van der Waals surface area contributed by atoms with Crippen molar-refractivity contribution in [2.75, 3.05) is 57.8 Å². The van der Waals surface area contributed by atoms with Gasteiger partial charge in [-0.25, -0.2) is 16.8 Å². The summed E-state index contributed by atoms with van der Waals surface area (Å²) >= 11 is 5.50. The van der Waals surface area contributed by atoms with E-state index in [1.807, 2.05) is 4.90 Å². The van der Waals surface area contributed by atoms with E-state index in [0.717, 1.165) is 0 Å². The molecule has 2 fully saturated rings. The summed E-state index contributed by atoms with van der Waals surface area (Å²) < 4.78 is 59.2. The fourth-order valence-electron chi connectivity index (χ4n) is 3.72. The molecule has 2 heterocycles. The first kappa shape index (κ1) is 24.0. The Labute approximate surface area is 200 Å². The Morgan fingerprint density at radius 3 is 1.82 bits per heavy atom. The molecule has 0 unspecified atom stereocenters. The Morgan fingerprint density at radius 2 is 1.24 bits per heavy atom. The average molecular weight is 511 g/mol. The number of ether oxygens (including phenoxy) is 1. The van der Waals surface area contributed by atoms with Crippen molar-refractivity contribution in [2.24, 2.45) is 0 Å². The van der Waals surface area contributed by atoms with Crippen molar-refractivity contribution >= 4 is 43.1 Å². The van der Waals surface area contributed by atoms with Crippen molar-refractivity contribution < 1.29 is 21.6 Å². The molecule has 0 saturated carbocycles. The van der Waals surface area contributed by atoms with Crippen LogP contribution in [0.4, 0.5) is 5.69 Å². The molecule has 2 aliphatic rings. The molecule has 0 amide bonds. The minimum absolute atomic E-state index is 0.223. The lowest BCUT2D eigenvalue weighted by Crippen LogP contribution is -2.51. The Kier molecular flexibility index (Phi) is 7.31. The zero-order valence-electron chi connectivity index (χ0n) is 18.0. The first-order valence-corrected chi connectivity index (χ1v) is 13.9. The van der Waals surface area contributed by atoms with Crippen LogP contribution >= 0.6 is 12.2 Å². The SMILES string of the molecule is O=S(=O)(c1ccc(NC(=S)N2CCN(S(=O)(=O)c3ccccc3)CC2)cc1)N1CCOCC1. The van der Waals surface area contributed by atoms with Crippen LogP contribution in [0, 0.1) is 0 Å². The number of thiocarbonyl (C=S) groups is 1. The fourth-order valence-corrected chi connectivity index (χ4v) is 6.87. The molecule has 9 nitrogen and oxygen atoms in total. The second kappa shape index (κ2) is 10.0. The standard InChI is InChI=1S/C21H26N4O5S3/c26-32(27,19-4-2-1-3-5-19)24-12-10-23(11-13-24)21(31)22-18-6-8-20(9-7-18)33(28,29)25-14-16-30-17-15-25/h1-9H,10-17H2,(H,22,31). The molecule has 33 heavy (non-hydrogen) atoms. The molecule has 0 aromatic heterocycles. The van der Waals surface area contributed by atoms with Crippen LogP contribution in [0.1, 0.15) is 0 Å². The Morgan fingerprint density at radius 1 is 0.727 bits per heavy atom. The fraction of sp³-hybridized carbons (Fsp3) is 0.381. The van der Waals surface area contributed by atoms with Crippen LogP contribution < -0.4 is 5.32 Å². The zero-order valence-corrected chi connectivity index (χ0v) is 20.4. The highest BCUT2D eigenvalue weighted by molar-refractivity contribution is 7.89. The van der Waals surface area contributed by atoms with Crippen LogP contribution in [0.5, 0.6) is 0 Å². The molecule has 0 radical (unpaired) electrons. The second-order valence-corrected chi connectivity index (χ2v) is 11.9. The van der Waals surface area contributed by atoms with Crippen molar-refractivity contribution in [3.05, 3.63) is 54.6 Å². The quantitative estimate of drug-likeness (QED) is 0.603. The van der Waals surface area contributed by atoms with Crippen LogP contribution in [0.25, 0.3) is 0 Å². The molecule has 2 saturated heterocycles. The Hall–Kier alpha value is -2.09. The number of nitrogens with one attached hydrogen (secondary N) is 1. The summed E-state index contributed by atoms with van der Waals surface area (Å²) in [7, 11) is -7.07. The van der Waals surface area contributed by atoms with Gasteiger partial charge < -0.3 is 15.0 Å². The van der Waals surface area contributed by atoms with Gasteiger partial charge in [-0.1, -0.05) is 18.2 Å². The van der Waals surface area contributed by atoms with E-state index in [0.29, 0.717) is 63.3 Å². The maximum absolute atomic E-state index is 12.8. The summed E-state index contributed by atoms with van der Waals surface area (Å²) in [5, 5.41) is 3.58. The van der Waals surface area contributed by atoms with Crippen LogP contribution in [0.15, 0.2) is 64.4 Å². The van der Waals surface area contributed by atoms with E-state index in [2.05, 4.69) is 5.32 Å². The van der Waals surface area contributed by atoms with Gasteiger partial charge in [0.25, 0.3) is 0 Å². The third-order valence-electron chi connectivity index (χ3n) is 5.62. The van der Waals surface area contributed by atoms with Gasteiger partial charge in [0.2, 0.25) is 20.0 Å². The van der Waals surface area contributed by atoms with Gasteiger partial charge in [-0.3, -0.25) is 0 Å². The summed E-state index contributed by atoms with van der Waals surface area (Å²) in [5.41, 5.74) is 0.667. The van der Waals surface area contributed by atoms with Crippen molar-refractivity contribution in [1.29, 1.82) is 0 Å². The van der Waals surface area contributed by atoms with Crippen LogP contribution in [0.3, 0.4) is 0 Å².